The topological polar surface area (TPSA) is 91.8 Å². The molecule has 0 atom stereocenters. The van der Waals surface area contributed by atoms with Crippen LogP contribution < -0.4 is 15.4 Å². The van der Waals surface area contributed by atoms with Crippen LogP contribution in [0.3, 0.4) is 0 Å². The highest BCUT2D eigenvalue weighted by atomic mass is 127. The van der Waals surface area contributed by atoms with Gasteiger partial charge in [0.2, 0.25) is 10.0 Å². The molecule has 0 aliphatic heterocycles. The second kappa shape index (κ2) is 13.1. The van der Waals surface area contributed by atoms with Crippen LogP contribution in [0, 0.1) is 5.41 Å². The van der Waals surface area contributed by atoms with Crippen molar-refractivity contribution in [2.75, 3.05) is 46.2 Å². The molecule has 1 rings (SSSR count). The molecule has 0 bridgehead atoms. The molecule has 0 amide bonds. The number of halogens is 1. The molecule has 0 spiro atoms. The number of hydrogen-bond acceptors (Lipinski definition) is 4. The average molecular weight is 490 g/mol. The van der Waals surface area contributed by atoms with E-state index in [0.717, 1.165) is 32.0 Å². The summed E-state index contributed by atoms with van der Waals surface area (Å²) in [5.74, 6) is 0.893. The number of nitrogens with one attached hydrogen (secondary N) is 3. The van der Waals surface area contributed by atoms with E-state index in [1.807, 2.05) is 0 Å². The summed E-state index contributed by atoms with van der Waals surface area (Å²) in [6.07, 6.45) is 6.84. The van der Waals surface area contributed by atoms with E-state index < -0.39 is 10.0 Å². The molecule has 25 heavy (non-hydrogen) atoms. The normalized spacial score (nSPS) is 17.2. The molecule has 0 aromatic rings. The van der Waals surface area contributed by atoms with E-state index in [-0.39, 0.29) is 29.7 Å². The zero-order chi connectivity index (χ0) is 17.9. The van der Waals surface area contributed by atoms with Gasteiger partial charge >= 0.3 is 0 Å². The zero-order valence-electron chi connectivity index (χ0n) is 15.8. The van der Waals surface area contributed by atoms with E-state index in [1.165, 1.54) is 25.7 Å². The number of hydrogen-bond donors (Lipinski definition) is 3. The first-order chi connectivity index (χ1) is 11.5. The molecule has 0 saturated heterocycles. The van der Waals surface area contributed by atoms with Gasteiger partial charge in [0.1, 0.15) is 0 Å². The first kappa shape index (κ1) is 24.9. The molecule has 0 aromatic heterocycles. The maximum absolute atomic E-state index is 11.3. The van der Waals surface area contributed by atoms with Crippen molar-refractivity contribution in [3.05, 3.63) is 0 Å². The monoisotopic (exact) mass is 490 g/mol. The van der Waals surface area contributed by atoms with Gasteiger partial charge in [-0.1, -0.05) is 12.8 Å². The van der Waals surface area contributed by atoms with Gasteiger partial charge < -0.3 is 15.4 Å². The first-order valence-electron chi connectivity index (χ1n) is 8.88. The van der Waals surface area contributed by atoms with Crippen LogP contribution in [0.25, 0.3) is 0 Å². The number of sulfonamides is 1. The Morgan fingerprint density at radius 2 is 1.88 bits per heavy atom. The highest BCUT2D eigenvalue weighted by molar-refractivity contribution is 14.0. The van der Waals surface area contributed by atoms with Crippen LogP contribution in [-0.4, -0.2) is 60.5 Å². The molecule has 0 radical (unpaired) electrons. The fourth-order valence-corrected chi connectivity index (χ4v) is 3.73. The van der Waals surface area contributed by atoms with E-state index in [0.29, 0.717) is 18.5 Å². The molecular weight excluding hydrogens is 455 g/mol. The van der Waals surface area contributed by atoms with Crippen LogP contribution in [0.15, 0.2) is 4.99 Å². The van der Waals surface area contributed by atoms with Crippen molar-refractivity contribution in [3.63, 3.8) is 0 Å². The molecule has 1 fully saturated rings. The number of nitrogens with zero attached hydrogens (tertiary/aromatic N) is 1. The highest BCUT2D eigenvalue weighted by Gasteiger charge is 2.33. The third-order valence-corrected chi connectivity index (χ3v) is 6.11. The van der Waals surface area contributed by atoms with E-state index in [9.17, 15) is 8.42 Å². The van der Waals surface area contributed by atoms with Crippen LogP contribution in [0.5, 0.6) is 0 Å². The fraction of sp³-hybridized carbons (Fsp3) is 0.938. The molecule has 3 N–H and O–H groups in total. The van der Waals surface area contributed by atoms with Gasteiger partial charge in [-0.15, -0.1) is 24.0 Å². The molecule has 7 nitrogen and oxygen atoms in total. The van der Waals surface area contributed by atoms with Gasteiger partial charge in [0, 0.05) is 40.4 Å². The van der Waals surface area contributed by atoms with Crippen LogP contribution in [0.4, 0.5) is 0 Å². The number of methoxy groups -OCH3 is 1. The van der Waals surface area contributed by atoms with E-state index in [2.05, 4.69) is 20.3 Å². The Balaban J connectivity index is 0.00000576. The van der Waals surface area contributed by atoms with Gasteiger partial charge in [0.05, 0.1) is 5.75 Å². The number of ether oxygens (including phenoxy) is 1. The SMILES string of the molecule is CCS(=O)(=O)NCCCNC(=NC)NCC1(CCOC)CCCC1.I. The van der Waals surface area contributed by atoms with Gasteiger partial charge in [-0.3, -0.25) is 4.99 Å². The maximum Gasteiger partial charge on any atom is 0.211 e. The van der Waals surface area contributed by atoms with Crippen LogP contribution in [0.1, 0.15) is 45.4 Å². The van der Waals surface area contributed by atoms with Crippen molar-refractivity contribution >= 4 is 40.0 Å². The molecule has 150 valence electrons. The molecule has 0 heterocycles. The largest absolute Gasteiger partial charge is 0.385 e. The molecule has 0 unspecified atom stereocenters. The Labute approximate surface area is 170 Å². The Bertz CT molecular complexity index is 480. The van der Waals surface area contributed by atoms with Crippen molar-refractivity contribution in [2.24, 2.45) is 10.4 Å². The van der Waals surface area contributed by atoms with Crippen molar-refractivity contribution in [3.8, 4) is 0 Å². The summed E-state index contributed by atoms with van der Waals surface area (Å²) in [6, 6.07) is 0. The van der Waals surface area contributed by atoms with E-state index in [4.69, 9.17) is 4.74 Å². The molecule has 1 saturated carbocycles. The predicted octanol–water partition coefficient (Wildman–Crippen LogP) is 1.70. The second-order valence-electron chi connectivity index (χ2n) is 6.45. The van der Waals surface area contributed by atoms with Gasteiger partial charge in [0.15, 0.2) is 5.96 Å². The minimum Gasteiger partial charge on any atom is -0.385 e. The second-order valence-corrected chi connectivity index (χ2v) is 8.55. The van der Waals surface area contributed by atoms with Gasteiger partial charge in [0.25, 0.3) is 0 Å². The lowest BCUT2D eigenvalue weighted by Crippen LogP contribution is -2.44. The zero-order valence-corrected chi connectivity index (χ0v) is 18.9. The standard InChI is InChI=1S/C16H34N4O3S.HI/c1-4-24(21,22)20-12-7-11-18-15(17-2)19-14-16(10-13-23-3)8-5-6-9-16;/h20H,4-14H2,1-3H3,(H2,17,18,19);1H. The van der Waals surface area contributed by atoms with Gasteiger partial charge in [-0.25, -0.2) is 13.1 Å². The van der Waals surface area contributed by atoms with Crippen molar-refractivity contribution in [2.45, 2.75) is 45.4 Å². The van der Waals surface area contributed by atoms with Crippen LogP contribution in [0.2, 0.25) is 0 Å². The third-order valence-electron chi connectivity index (χ3n) is 4.70. The third kappa shape index (κ3) is 9.95. The van der Waals surface area contributed by atoms with Crippen molar-refractivity contribution < 1.29 is 13.2 Å². The summed E-state index contributed by atoms with van der Waals surface area (Å²) in [5.41, 5.74) is 0.310. The quantitative estimate of drug-likeness (QED) is 0.178. The van der Waals surface area contributed by atoms with Crippen LogP contribution in [-0.2, 0) is 14.8 Å². The summed E-state index contributed by atoms with van der Waals surface area (Å²) in [4.78, 5) is 4.25. The Morgan fingerprint density at radius 3 is 2.44 bits per heavy atom. The lowest BCUT2D eigenvalue weighted by atomic mass is 9.83. The van der Waals surface area contributed by atoms with Gasteiger partial charge in [-0.05, 0) is 38.0 Å². The first-order valence-corrected chi connectivity index (χ1v) is 10.5. The lowest BCUT2D eigenvalue weighted by molar-refractivity contribution is 0.138. The van der Waals surface area contributed by atoms with Crippen LogP contribution >= 0.6 is 24.0 Å². The highest BCUT2D eigenvalue weighted by Crippen LogP contribution is 2.40. The summed E-state index contributed by atoms with van der Waals surface area (Å²) in [5, 5.41) is 6.67. The Morgan fingerprint density at radius 1 is 1.20 bits per heavy atom. The molecule has 1 aliphatic rings. The maximum atomic E-state index is 11.3. The van der Waals surface area contributed by atoms with Crippen molar-refractivity contribution in [1.29, 1.82) is 0 Å². The molecule has 0 aromatic carbocycles. The lowest BCUT2D eigenvalue weighted by Gasteiger charge is -2.30. The van der Waals surface area contributed by atoms with E-state index >= 15 is 0 Å². The smallest absolute Gasteiger partial charge is 0.211 e. The molecular formula is C16H35IN4O3S. The minimum atomic E-state index is -3.10. The van der Waals surface area contributed by atoms with Crippen molar-refractivity contribution in [1.82, 2.24) is 15.4 Å². The summed E-state index contributed by atoms with van der Waals surface area (Å²) < 4.78 is 30.5. The number of guanidine groups is 1. The Kier molecular flexibility index (Phi) is 13.0. The average Bonchev–Trinajstić information content (AvgIpc) is 3.04. The van der Waals surface area contributed by atoms with E-state index in [1.54, 1.807) is 21.1 Å². The number of aliphatic imine (C=N–C) groups is 1. The van der Waals surface area contributed by atoms with Gasteiger partial charge in [-0.2, -0.15) is 0 Å². The summed E-state index contributed by atoms with van der Waals surface area (Å²) >= 11 is 0. The summed E-state index contributed by atoms with van der Waals surface area (Å²) in [6.45, 7) is 4.45. The molecule has 1 aliphatic carbocycles. The number of rotatable bonds is 11. The minimum absolute atomic E-state index is 0. The Hall–Kier alpha value is -0.130. The fourth-order valence-electron chi connectivity index (χ4n) is 3.08. The summed E-state index contributed by atoms with van der Waals surface area (Å²) in [7, 11) is 0.409. The predicted molar refractivity (Wildman–Crippen MR) is 114 cm³/mol. The molecule has 9 heteroatoms.